The van der Waals surface area contributed by atoms with Gasteiger partial charge in [-0.05, 0) is 12.5 Å². The van der Waals surface area contributed by atoms with E-state index in [-0.39, 0.29) is 62.7 Å². The summed E-state index contributed by atoms with van der Waals surface area (Å²) in [4.78, 5) is 15.9. The molecule has 0 aromatic rings. The summed E-state index contributed by atoms with van der Waals surface area (Å²) in [5.41, 5.74) is 0.433. The van der Waals surface area contributed by atoms with Gasteiger partial charge in [-0.2, -0.15) is 7.11 Å². The van der Waals surface area contributed by atoms with E-state index in [9.17, 15) is 4.79 Å². The van der Waals surface area contributed by atoms with Crippen molar-refractivity contribution >= 4 is 12.0 Å². The van der Waals surface area contributed by atoms with Crippen molar-refractivity contribution in [2.75, 3.05) is 7.11 Å². The van der Waals surface area contributed by atoms with E-state index in [1.807, 2.05) is 13.0 Å². The Bertz CT molecular complexity index is 293. The summed E-state index contributed by atoms with van der Waals surface area (Å²) in [7, 11) is 0.750. The van der Waals surface area contributed by atoms with Crippen LogP contribution >= 0.6 is 0 Å². The first-order valence-corrected chi connectivity index (χ1v) is 5.26. The van der Waals surface area contributed by atoms with Crippen molar-refractivity contribution in [2.45, 2.75) is 34.1 Å². The third-order valence-electron chi connectivity index (χ3n) is 2.27. The van der Waals surface area contributed by atoms with Crippen molar-refractivity contribution in [1.82, 2.24) is 0 Å². The predicted molar refractivity (Wildman–Crippen MR) is 61.8 cm³/mol. The average molecular weight is 265 g/mol. The smallest absolute Gasteiger partial charge is 0.857 e. The van der Waals surface area contributed by atoms with E-state index in [1.54, 1.807) is 0 Å². The van der Waals surface area contributed by atoms with E-state index >= 15 is 0 Å². The van der Waals surface area contributed by atoms with Crippen LogP contribution in [0, 0.1) is 11.3 Å². The first-order valence-electron chi connectivity index (χ1n) is 5.26. The minimum atomic E-state index is -0.0540. The summed E-state index contributed by atoms with van der Waals surface area (Å²) in [5.74, 6) is 0.980. The summed E-state index contributed by atoms with van der Waals surface area (Å²) >= 11 is 0. The van der Waals surface area contributed by atoms with Crippen LogP contribution in [0.2, 0.25) is 0 Å². The molecular formula is C12H20KNO3. The Morgan fingerprint density at radius 2 is 2.00 bits per heavy atom. The first-order chi connectivity index (χ1) is 7.45. The Morgan fingerprint density at radius 3 is 2.41 bits per heavy atom. The Morgan fingerprint density at radius 1 is 1.47 bits per heavy atom. The SMILES string of the molecule is CC1CC=C(C(C)(C)C)ON=C1C=O.C[O-].[K+]. The fraction of sp³-hybridized carbons (Fsp3) is 0.667. The molecule has 0 radical (unpaired) electrons. The molecule has 0 amide bonds. The number of nitrogens with zero attached hydrogens (tertiary/aromatic N) is 1. The van der Waals surface area contributed by atoms with Gasteiger partial charge < -0.3 is 9.94 Å². The van der Waals surface area contributed by atoms with Crippen LogP contribution in [0.3, 0.4) is 0 Å². The van der Waals surface area contributed by atoms with Crippen molar-refractivity contribution in [3.05, 3.63) is 11.8 Å². The summed E-state index contributed by atoms with van der Waals surface area (Å²) in [6.07, 6.45) is 3.60. The molecule has 17 heavy (non-hydrogen) atoms. The van der Waals surface area contributed by atoms with Gasteiger partial charge in [-0.15, -0.1) is 0 Å². The second kappa shape index (κ2) is 9.41. The summed E-state index contributed by atoms with van der Waals surface area (Å²) < 4.78 is 0. The van der Waals surface area contributed by atoms with Crippen LogP contribution in [0.5, 0.6) is 0 Å². The molecule has 1 aliphatic heterocycles. The number of oxime groups is 1. The molecule has 0 bridgehead atoms. The predicted octanol–water partition coefficient (Wildman–Crippen LogP) is -1.49. The van der Waals surface area contributed by atoms with Gasteiger partial charge in [-0.1, -0.05) is 32.9 Å². The summed E-state index contributed by atoms with van der Waals surface area (Å²) in [6, 6.07) is 0. The molecule has 1 atom stereocenters. The molecule has 0 aliphatic carbocycles. The van der Waals surface area contributed by atoms with Crippen LogP contribution in [-0.2, 0) is 9.63 Å². The monoisotopic (exact) mass is 265 g/mol. The van der Waals surface area contributed by atoms with Gasteiger partial charge in [0, 0.05) is 11.3 Å². The number of hydrogen-bond donors (Lipinski definition) is 0. The molecule has 92 valence electrons. The molecule has 0 saturated carbocycles. The largest absolute Gasteiger partial charge is 1.00 e. The molecule has 0 spiro atoms. The zero-order chi connectivity index (χ0) is 12.8. The van der Waals surface area contributed by atoms with Crippen LogP contribution in [0.25, 0.3) is 0 Å². The van der Waals surface area contributed by atoms with Gasteiger partial charge in [-0.3, -0.25) is 4.79 Å². The minimum absolute atomic E-state index is 0. The van der Waals surface area contributed by atoms with Crippen molar-refractivity contribution in [2.24, 2.45) is 16.5 Å². The fourth-order valence-electron chi connectivity index (χ4n) is 1.21. The quantitative estimate of drug-likeness (QED) is 0.429. The van der Waals surface area contributed by atoms with Crippen LogP contribution in [0.4, 0.5) is 0 Å². The maximum atomic E-state index is 10.6. The summed E-state index contributed by atoms with van der Waals surface area (Å²) in [5, 5.41) is 12.1. The Labute approximate surface area is 146 Å². The third kappa shape index (κ3) is 6.83. The first kappa shape index (κ1) is 19.8. The van der Waals surface area contributed by atoms with E-state index in [2.05, 4.69) is 25.9 Å². The van der Waals surface area contributed by atoms with Gasteiger partial charge in [0.05, 0.1) is 0 Å². The Hall–Kier alpha value is 0.476. The van der Waals surface area contributed by atoms with Crippen molar-refractivity contribution in [1.29, 1.82) is 0 Å². The molecule has 0 N–H and O–H groups in total. The van der Waals surface area contributed by atoms with E-state index < -0.39 is 0 Å². The molecule has 5 heteroatoms. The number of carbonyl (C=O) groups excluding carboxylic acids is 1. The molecule has 1 aliphatic rings. The number of rotatable bonds is 1. The molecule has 0 saturated heterocycles. The molecular weight excluding hydrogens is 245 g/mol. The van der Waals surface area contributed by atoms with Gasteiger partial charge in [0.2, 0.25) is 0 Å². The van der Waals surface area contributed by atoms with Gasteiger partial charge >= 0.3 is 51.4 Å². The second-order valence-electron chi connectivity index (χ2n) is 4.68. The van der Waals surface area contributed by atoms with Gasteiger partial charge in [0.1, 0.15) is 11.5 Å². The molecule has 1 heterocycles. The zero-order valence-electron chi connectivity index (χ0n) is 11.6. The van der Waals surface area contributed by atoms with Gasteiger partial charge in [0.15, 0.2) is 6.29 Å². The standard InChI is InChI=1S/C11H17NO2.CH3O.K/c1-8-5-6-10(11(2,3)4)14-12-9(8)7-13;1-2;/h6-8H,5H2,1-4H3;1H3;/q;-1;+1. The van der Waals surface area contributed by atoms with E-state index in [4.69, 9.17) is 9.94 Å². The molecule has 0 aromatic carbocycles. The molecule has 1 rings (SSSR count). The molecule has 4 nitrogen and oxygen atoms in total. The zero-order valence-corrected chi connectivity index (χ0v) is 14.7. The number of allylic oxidation sites excluding steroid dienone is 2. The molecule has 1 unspecified atom stereocenters. The van der Waals surface area contributed by atoms with E-state index in [1.165, 1.54) is 0 Å². The third-order valence-corrected chi connectivity index (χ3v) is 2.27. The van der Waals surface area contributed by atoms with Crippen LogP contribution in [-0.4, -0.2) is 19.1 Å². The number of carbonyl (C=O) groups is 1. The topological polar surface area (TPSA) is 61.7 Å². The Balaban J connectivity index is 0. The van der Waals surface area contributed by atoms with Crippen molar-refractivity contribution in [3.63, 3.8) is 0 Å². The maximum Gasteiger partial charge on any atom is 1.00 e. The van der Waals surface area contributed by atoms with Gasteiger partial charge in [0.25, 0.3) is 0 Å². The van der Waals surface area contributed by atoms with E-state index in [0.717, 1.165) is 25.6 Å². The maximum absolute atomic E-state index is 10.6. The molecule has 0 aromatic heterocycles. The van der Waals surface area contributed by atoms with Gasteiger partial charge in [-0.25, -0.2) is 0 Å². The van der Waals surface area contributed by atoms with Crippen molar-refractivity contribution < 1.29 is 66.1 Å². The van der Waals surface area contributed by atoms with Crippen LogP contribution in [0.1, 0.15) is 34.1 Å². The number of aldehydes is 1. The minimum Gasteiger partial charge on any atom is -0.857 e. The van der Waals surface area contributed by atoms with E-state index in [0.29, 0.717) is 5.71 Å². The van der Waals surface area contributed by atoms with Crippen LogP contribution in [0.15, 0.2) is 17.0 Å². The normalized spacial score (nSPS) is 19.3. The number of hydrogen-bond acceptors (Lipinski definition) is 4. The Kier molecular flexibility index (Phi) is 11.0. The van der Waals surface area contributed by atoms with Crippen molar-refractivity contribution in [3.8, 4) is 0 Å². The average Bonchev–Trinajstić information content (AvgIpc) is 2.42. The fourth-order valence-corrected chi connectivity index (χ4v) is 1.21. The molecule has 0 fully saturated rings. The summed E-state index contributed by atoms with van der Waals surface area (Å²) in [6.45, 7) is 8.15. The van der Waals surface area contributed by atoms with Crippen LogP contribution < -0.4 is 56.5 Å². The second-order valence-corrected chi connectivity index (χ2v) is 4.68.